The highest BCUT2D eigenvalue weighted by molar-refractivity contribution is 7.09. The van der Waals surface area contributed by atoms with Crippen LogP contribution in [0.25, 0.3) is 0 Å². The molecule has 1 aromatic heterocycles. The fourth-order valence-electron chi connectivity index (χ4n) is 3.32. The molecule has 1 aromatic rings. The quantitative estimate of drug-likeness (QED) is 0.930. The van der Waals surface area contributed by atoms with Crippen molar-refractivity contribution in [2.75, 3.05) is 0 Å². The first kappa shape index (κ1) is 14.6. The van der Waals surface area contributed by atoms with Crippen LogP contribution in [0, 0.1) is 0 Å². The van der Waals surface area contributed by atoms with E-state index >= 15 is 0 Å². The molecule has 1 atom stereocenters. The second-order valence-electron chi connectivity index (χ2n) is 6.00. The molecule has 2 aliphatic rings. The van der Waals surface area contributed by atoms with E-state index in [1.807, 2.05) is 17.5 Å². The molecule has 2 amide bonds. The Labute approximate surface area is 129 Å². The lowest BCUT2D eigenvalue weighted by Crippen LogP contribution is -2.48. The number of carbonyl (C=O) groups is 2. The number of rotatable bonds is 4. The highest BCUT2D eigenvalue weighted by Crippen LogP contribution is 2.24. The highest BCUT2D eigenvalue weighted by Gasteiger charge is 2.36. The second-order valence-corrected chi connectivity index (χ2v) is 7.03. The fourth-order valence-corrected chi connectivity index (χ4v) is 4.02. The summed E-state index contributed by atoms with van der Waals surface area (Å²) in [5.74, 6) is 0.150. The maximum Gasteiger partial charge on any atom is 0.243 e. The number of nitrogens with zero attached hydrogens (tertiary/aromatic N) is 1. The Morgan fingerprint density at radius 2 is 2.10 bits per heavy atom. The summed E-state index contributed by atoms with van der Waals surface area (Å²) in [5, 5.41) is 5.17. The average molecular weight is 306 g/mol. The molecule has 4 nitrogen and oxygen atoms in total. The molecular weight excluding hydrogens is 284 g/mol. The molecule has 2 fully saturated rings. The first-order chi connectivity index (χ1) is 10.2. The lowest BCUT2D eigenvalue weighted by atomic mass is 9.95. The molecule has 3 rings (SSSR count). The van der Waals surface area contributed by atoms with E-state index in [4.69, 9.17) is 0 Å². The van der Waals surface area contributed by atoms with E-state index in [-0.39, 0.29) is 17.9 Å². The van der Waals surface area contributed by atoms with E-state index in [9.17, 15) is 9.59 Å². The van der Waals surface area contributed by atoms with Gasteiger partial charge in [0.1, 0.15) is 6.04 Å². The summed E-state index contributed by atoms with van der Waals surface area (Å²) in [5.41, 5.74) is 0. The predicted octanol–water partition coefficient (Wildman–Crippen LogP) is 2.69. The third kappa shape index (κ3) is 3.46. The zero-order valence-corrected chi connectivity index (χ0v) is 13.0. The van der Waals surface area contributed by atoms with Crippen LogP contribution in [0.2, 0.25) is 0 Å². The molecule has 0 spiro atoms. The Morgan fingerprint density at radius 3 is 2.81 bits per heavy atom. The zero-order chi connectivity index (χ0) is 14.7. The first-order valence-electron chi connectivity index (χ1n) is 7.86. The van der Waals surface area contributed by atoms with Crippen LogP contribution in [0.4, 0.5) is 0 Å². The lowest BCUT2D eigenvalue weighted by Gasteiger charge is -2.28. The number of hydrogen-bond acceptors (Lipinski definition) is 3. The van der Waals surface area contributed by atoms with Gasteiger partial charge in [-0.15, -0.1) is 11.3 Å². The molecule has 1 saturated carbocycles. The van der Waals surface area contributed by atoms with Crippen molar-refractivity contribution in [3.8, 4) is 0 Å². The molecule has 1 aliphatic heterocycles. The Hall–Kier alpha value is -1.36. The van der Waals surface area contributed by atoms with E-state index in [0.29, 0.717) is 25.4 Å². The molecule has 0 radical (unpaired) electrons. The van der Waals surface area contributed by atoms with Gasteiger partial charge in [0.2, 0.25) is 11.8 Å². The van der Waals surface area contributed by atoms with Crippen molar-refractivity contribution in [3.05, 3.63) is 22.4 Å². The first-order valence-corrected chi connectivity index (χ1v) is 8.74. The molecule has 0 unspecified atom stereocenters. The minimum atomic E-state index is -0.276. The topological polar surface area (TPSA) is 49.4 Å². The molecule has 21 heavy (non-hydrogen) atoms. The largest absolute Gasteiger partial charge is 0.352 e. The Bertz CT molecular complexity index is 494. The van der Waals surface area contributed by atoms with Gasteiger partial charge in [0.25, 0.3) is 0 Å². The molecule has 1 aliphatic carbocycles. The van der Waals surface area contributed by atoms with E-state index in [1.54, 1.807) is 16.2 Å². The molecule has 1 saturated heterocycles. The average Bonchev–Trinajstić information content (AvgIpc) is 3.12. The number of amides is 2. The summed E-state index contributed by atoms with van der Waals surface area (Å²) in [7, 11) is 0. The molecule has 0 aromatic carbocycles. The third-order valence-electron chi connectivity index (χ3n) is 4.49. The van der Waals surface area contributed by atoms with Gasteiger partial charge in [0.05, 0.1) is 6.54 Å². The van der Waals surface area contributed by atoms with Crippen molar-refractivity contribution < 1.29 is 9.59 Å². The van der Waals surface area contributed by atoms with Gasteiger partial charge in [-0.3, -0.25) is 9.59 Å². The monoisotopic (exact) mass is 306 g/mol. The van der Waals surface area contributed by atoms with Crippen LogP contribution in [0.1, 0.15) is 49.8 Å². The van der Waals surface area contributed by atoms with Gasteiger partial charge in [-0.2, -0.15) is 0 Å². The normalized spacial score (nSPS) is 23.5. The SMILES string of the molecule is O=C(NC1CCCCC1)[C@@H]1CCC(=O)N1Cc1cccs1. The van der Waals surface area contributed by atoms with E-state index in [1.165, 1.54) is 19.3 Å². The molecular formula is C16H22N2O2S. The molecule has 114 valence electrons. The van der Waals surface area contributed by atoms with Crippen LogP contribution in [-0.2, 0) is 16.1 Å². The summed E-state index contributed by atoms with van der Waals surface area (Å²) in [6.07, 6.45) is 6.99. The van der Waals surface area contributed by atoms with Crippen molar-refractivity contribution in [3.63, 3.8) is 0 Å². The van der Waals surface area contributed by atoms with Crippen molar-refractivity contribution in [1.82, 2.24) is 10.2 Å². The van der Waals surface area contributed by atoms with Crippen molar-refractivity contribution in [2.24, 2.45) is 0 Å². The van der Waals surface area contributed by atoms with E-state index in [0.717, 1.165) is 17.7 Å². The fraction of sp³-hybridized carbons (Fsp3) is 0.625. The van der Waals surface area contributed by atoms with Crippen LogP contribution >= 0.6 is 11.3 Å². The summed E-state index contributed by atoms with van der Waals surface area (Å²) < 4.78 is 0. The number of carbonyl (C=O) groups excluding carboxylic acids is 2. The highest BCUT2D eigenvalue weighted by atomic mass is 32.1. The maximum atomic E-state index is 12.5. The van der Waals surface area contributed by atoms with Crippen LogP contribution in [-0.4, -0.2) is 28.8 Å². The van der Waals surface area contributed by atoms with Gasteiger partial charge in [-0.1, -0.05) is 25.3 Å². The Kier molecular flexibility index (Phi) is 4.58. The van der Waals surface area contributed by atoms with Crippen molar-refractivity contribution in [2.45, 2.75) is 63.6 Å². The minimum Gasteiger partial charge on any atom is -0.352 e. The van der Waals surface area contributed by atoms with Gasteiger partial charge in [0.15, 0.2) is 0 Å². The standard InChI is InChI=1S/C16H22N2O2S/c19-15-9-8-14(18(15)11-13-7-4-10-21-13)16(20)17-12-5-2-1-3-6-12/h4,7,10,12,14H,1-3,5-6,8-9,11H2,(H,17,20)/t14-/m0/s1. The Morgan fingerprint density at radius 1 is 1.29 bits per heavy atom. The summed E-state index contributed by atoms with van der Waals surface area (Å²) >= 11 is 1.64. The second kappa shape index (κ2) is 6.60. The van der Waals surface area contributed by atoms with Crippen molar-refractivity contribution in [1.29, 1.82) is 0 Å². The van der Waals surface area contributed by atoms with Gasteiger partial charge in [-0.25, -0.2) is 0 Å². The molecule has 2 heterocycles. The minimum absolute atomic E-state index is 0.0457. The zero-order valence-electron chi connectivity index (χ0n) is 12.2. The van der Waals surface area contributed by atoms with Gasteiger partial charge >= 0.3 is 0 Å². The van der Waals surface area contributed by atoms with E-state index in [2.05, 4.69) is 5.32 Å². The molecule has 1 N–H and O–H groups in total. The van der Waals surface area contributed by atoms with Gasteiger partial charge in [0, 0.05) is 17.3 Å². The number of nitrogens with one attached hydrogen (secondary N) is 1. The van der Waals surface area contributed by atoms with Crippen LogP contribution in [0.3, 0.4) is 0 Å². The summed E-state index contributed by atoms with van der Waals surface area (Å²) in [4.78, 5) is 27.4. The van der Waals surface area contributed by atoms with Crippen LogP contribution in [0.5, 0.6) is 0 Å². The maximum absolute atomic E-state index is 12.5. The summed E-state index contributed by atoms with van der Waals surface area (Å²) in [6.45, 7) is 0.569. The smallest absolute Gasteiger partial charge is 0.243 e. The predicted molar refractivity (Wildman–Crippen MR) is 82.9 cm³/mol. The van der Waals surface area contributed by atoms with Gasteiger partial charge < -0.3 is 10.2 Å². The summed E-state index contributed by atoms with van der Waals surface area (Å²) in [6, 6.07) is 4.04. The molecule has 5 heteroatoms. The Balaban J connectivity index is 1.62. The number of hydrogen-bond donors (Lipinski definition) is 1. The van der Waals surface area contributed by atoms with E-state index < -0.39 is 0 Å². The van der Waals surface area contributed by atoms with Gasteiger partial charge in [-0.05, 0) is 30.7 Å². The lowest BCUT2D eigenvalue weighted by molar-refractivity contribution is -0.136. The molecule has 0 bridgehead atoms. The van der Waals surface area contributed by atoms with Crippen LogP contribution in [0.15, 0.2) is 17.5 Å². The number of thiophene rings is 1. The number of likely N-dealkylation sites (tertiary alicyclic amines) is 1. The van der Waals surface area contributed by atoms with Crippen LogP contribution < -0.4 is 5.32 Å². The van der Waals surface area contributed by atoms with Crippen molar-refractivity contribution >= 4 is 23.2 Å². The third-order valence-corrected chi connectivity index (χ3v) is 5.35.